The van der Waals surface area contributed by atoms with Crippen molar-refractivity contribution in [3.8, 4) is 0 Å². The van der Waals surface area contributed by atoms with E-state index in [0.717, 1.165) is 38.7 Å². The van der Waals surface area contributed by atoms with Crippen molar-refractivity contribution in [3.63, 3.8) is 0 Å². The molecule has 3 rings (SSSR count). The van der Waals surface area contributed by atoms with E-state index < -0.39 is 0 Å². The summed E-state index contributed by atoms with van der Waals surface area (Å²) >= 11 is 0. The molecular formula is C11H18N4O2. The van der Waals surface area contributed by atoms with Crippen LogP contribution in [0.25, 0.3) is 0 Å². The van der Waals surface area contributed by atoms with Crippen LogP contribution < -0.4 is 10.2 Å². The molecule has 0 aliphatic carbocycles. The third kappa shape index (κ3) is 2.58. The van der Waals surface area contributed by atoms with Crippen molar-refractivity contribution < 1.29 is 9.26 Å². The summed E-state index contributed by atoms with van der Waals surface area (Å²) in [6.45, 7) is 4.64. The van der Waals surface area contributed by atoms with E-state index in [0.29, 0.717) is 12.3 Å². The Morgan fingerprint density at radius 1 is 1.35 bits per heavy atom. The molecule has 0 amide bonds. The fourth-order valence-corrected chi connectivity index (χ4v) is 2.32. The van der Waals surface area contributed by atoms with Crippen molar-refractivity contribution in [1.29, 1.82) is 0 Å². The van der Waals surface area contributed by atoms with Crippen LogP contribution in [0.4, 0.5) is 5.95 Å². The average molecular weight is 238 g/mol. The molecule has 0 bridgehead atoms. The van der Waals surface area contributed by atoms with Crippen LogP contribution in [0, 0.1) is 0 Å². The number of rotatable bonds is 3. The Hall–Kier alpha value is -1.14. The largest absolute Gasteiger partial charge is 0.375 e. The van der Waals surface area contributed by atoms with Gasteiger partial charge in [0.2, 0.25) is 5.89 Å². The van der Waals surface area contributed by atoms with Crippen LogP contribution in [0.5, 0.6) is 0 Å². The van der Waals surface area contributed by atoms with Crippen molar-refractivity contribution in [3.05, 3.63) is 5.89 Å². The minimum absolute atomic E-state index is 0.163. The van der Waals surface area contributed by atoms with E-state index in [1.807, 2.05) is 0 Å². The molecule has 94 valence electrons. The first-order chi connectivity index (χ1) is 8.42. The number of anilines is 1. The van der Waals surface area contributed by atoms with E-state index in [1.165, 1.54) is 12.8 Å². The van der Waals surface area contributed by atoms with Gasteiger partial charge in [0, 0.05) is 26.2 Å². The lowest BCUT2D eigenvalue weighted by atomic mass is 10.2. The standard InChI is InChI=1S/C11H18N4O2/c1-2-5-15(4-1)11-13-10(17-14-11)7-9-8-12-3-6-16-9/h9,12H,1-8H2. The van der Waals surface area contributed by atoms with Crippen LogP contribution in [-0.4, -0.2) is 49.0 Å². The van der Waals surface area contributed by atoms with Crippen LogP contribution >= 0.6 is 0 Å². The number of morpholine rings is 1. The Balaban J connectivity index is 1.59. The van der Waals surface area contributed by atoms with Crippen molar-refractivity contribution in [2.45, 2.75) is 25.4 Å². The number of hydrogen-bond acceptors (Lipinski definition) is 6. The highest BCUT2D eigenvalue weighted by Gasteiger charge is 2.21. The first-order valence-electron chi connectivity index (χ1n) is 6.32. The van der Waals surface area contributed by atoms with Gasteiger partial charge in [-0.2, -0.15) is 4.98 Å². The van der Waals surface area contributed by atoms with E-state index in [1.54, 1.807) is 0 Å². The van der Waals surface area contributed by atoms with E-state index in [2.05, 4.69) is 20.4 Å². The molecule has 1 N–H and O–H groups in total. The van der Waals surface area contributed by atoms with Gasteiger partial charge in [-0.25, -0.2) is 0 Å². The van der Waals surface area contributed by atoms with Crippen LogP contribution in [-0.2, 0) is 11.2 Å². The lowest BCUT2D eigenvalue weighted by Gasteiger charge is -2.21. The van der Waals surface area contributed by atoms with E-state index in [9.17, 15) is 0 Å². The summed E-state index contributed by atoms with van der Waals surface area (Å²) in [5, 5.41) is 7.32. The second-order valence-electron chi connectivity index (χ2n) is 4.58. The Morgan fingerprint density at radius 3 is 3.00 bits per heavy atom. The number of hydrogen-bond donors (Lipinski definition) is 1. The maximum atomic E-state index is 5.61. The third-order valence-corrected chi connectivity index (χ3v) is 3.25. The second kappa shape index (κ2) is 5.01. The Morgan fingerprint density at radius 2 is 2.24 bits per heavy atom. The Kier molecular flexibility index (Phi) is 3.24. The van der Waals surface area contributed by atoms with Crippen molar-refractivity contribution in [1.82, 2.24) is 15.5 Å². The minimum Gasteiger partial charge on any atom is -0.375 e. The lowest BCUT2D eigenvalue weighted by molar-refractivity contribution is 0.0246. The molecule has 1 unspecified atom stereocenters. The van der Waals surface area contributed by atoms with Gasteiger partial charge in [0.05, 0.1) is 19.1 Å². The van der Waals surface area contributed by atoms with Crippen LogP contribution in [0.3, 0.4) is 0 Å². The molecule has 1 atom stereocenters. The minimum atomic E-state index is 0.163. The highest BCUT2D eigenvalue weighted by molar-refractivity contribution is 5.28. The van der Waals surface area contributed by atoms with Crippen molar-refractivity contribution in [2.24, 2.45) is 0 Å². The number of ether oxygens (including phenoxy) is 1. The zero-order valence-electron chi connectivity index (χ0n) is 9.89. The molecule has 6 nitrogen and oxygen atoms in total. The molecule has 1 aromatic heterocycles. The molecular weight excluding hydrogens is 220 g/mol. The molecule has 2 fully saturated rings. The summed E-state index contributed by atoms with van der Waals surface area (Å²) in [7, 11) is 0. The SMILES string of the molecule is C1CCN(c2noc(CC3CNCCO3)n2)C1. The summed E-state index contributed by atoms with van der Waals surface area (Å²) in [6.07, 6.45) is 3.31. The maximum absolute atomic E-state index is 5.61. The van der Waals surface area contributed by atoms with Crippen LogP contribution in [0.1, 0.15) is 18.7 Å². The fourth-order valence-electron chi connectivity index (χ4n) is 2.32. The summed E-state index contributed by atoms with van der Waals surface area (Å²) in [6, 6.07) is 0. The molecule has 0 saturated carbocycles. The lowest BCUT2D eigenvalue weighted by Crippen LogP contribution is -2.39. The Bertz CT molecular complexity index is 356. The zero-order valence-corrected chi connectivity index (χ0v) is 9.89. The summed E-state index contributed by atoms with van der Waals surface area (Å²) in [5.74, 6) is 1.42. The van der Waals surface area contributed by atoms with Gasteiger partial charge in [-0.3, -0.25) is 0 Å². The van der Waals surface area contributed by atoms with E-state index in [-0.39, 0.29) is 6.10 Å². The van der Waals surface area contributed by atoms with Gasteiger partial charge in [-0.15, -0.1) is 0 Å². The van der Waals surface area contributed by atoms with E-state index in [4.69, 9.17) is 9.26 Å². The van der Waals surface area contributed by atoms with Gasteiger partial charge >= 0.3 is 0 Å². The summed E-state index contributed by atoms with van der Waals surface area (Å²) < 4.78 is 10.9. The molecule has 6 heteroatoms. The molecule has 0 radical (unpaired) electrons. The monoisotopic (exact) mass is 238 g/mol. The zero-order chi connectivity index (χ0) is 11.5. The van der Waals surface area contributed by atoms with Gasteiger partial charge in [-0.05, 0) is 18.0 Å². The highest BCUT2D eigenvalue weighted by Crippen LogP contribution is 2.17. The second-order valence-corrected chi connectivity index (χ2v) is 4.58. The number of nitrogens with zero attached hydrogens (tertiary/aromatic N) is 3. The predicted octanol–water partition coefficient (Wildman–Crippen LogP) is 0.201. The van der Waals surface area contributed by atoms with Gasteiger partial charge in [0.1, 0.15) is 0 Å². The average Bonchev–Trinajstić information content (AvgIpc) is 3.00. The van der Waals surface area contributed by atoms with Crippen LogP contribution in [0.15, 0.2) is 4.52 Å². The molecule has 1 aromatic rings. The van der Waals surface area contributed by atoms with Gasteiger partial charge in [0.25, 0.3) is 5.95 Å². The van der Waals surface area contributed by atoms with Gasteiger partial charge in [0.15, 0.2) is 0 Å². The smallest absolute Gasteiger partial charge is 0.266 e. The number of aromatic nitrogens is 2. The Labute approximate surface area is 100 Å². The molecule has 0 aromatic carbocycles. The van der Waals surface area contributed by atoms with Crippen molar-refractivity contribution in [2.75, 3.05) is 37.7 Å². The first-order valence-corrected chi connectivity index (χ1v) is 6.32. The van der Waals surface area contributed by atoms with Gasteiger partial charge < -0.3 is 19.5 Å². The molecule has 2 aliphatic rings. The quantitative estimate of drug-likeness (QED) is 0.811. The maximum Gasteiger partial charge on any atom is 0.266 e. The van der Waals surface area contributed by atoms with Gasteiger partial charge in [-0.1, -0.05) is 0 Å². The third-order valence-electron chi connectivity index (χ3n) is 3.25. The molecule has 3 heterocycles. The molecule has 17 heavy (non-hydrogen) atoms. The number of nitrogens with one attached hydrogen (secondary N) is 1. The van der Waals surface area contributed by atoms with E-state index >= 15 is 0 Å². The summed E-state index contributed by atoms with van der Waals surface area (Å²) in [5.41, 5.74) is 0. The topological polar surface area (TPSA) is 63.4 Å². The van der Waals surface area contributed by atoms with Crippen molar-refractivity contribution >= 4 is 5.95 Å². The highest BCUT2D eigenvalue weighted by atomic mass is 16.5. The molecule has 2 saturated heterocycles. The fraction of sp³-hybridized carbons (Fsp3) is 0.818. The summed E-state index contributed by atoms with van der Waals surface area (Å²) in [4.78, 5) is 6.60. The predicted molar refractivity (Wildman–Crippen MR) is 62.1 cm³/mol. The normalized spacial score (nSPS) is 25.4. The molecule has 2 aliphatic heterocycles. The molecule has 0 spiro atoms. The first kappa shape index (κ1) is 11.0. The van der Waals surface area contributed by atoms with Crippen LogP contribution in [0.2, 0.25) is 0 Å².